The molecular formula is C10H12OSe. The fourth-order valence-corrected chi connectivity index (χ4v) is 2.55. The zero-order chi connectivity index (χ0) is 8.81. The zero-order valence-electron chi connectivity index (χ0n) is 6.86. The summed E-state index contributed by atoms with van der Waals surface area (Å²) in [5.74, 6) is 0. The van der Waals surface area contributed by atoms with Crippen LogP contribution in [-0.2, 0) is 0 Å². The molecule has 1 nitrogen and oxygen atoms in total. The van der Waals surface area contributed by atoms with Crippen molar-refractivity contribution in [1.29, 1.82) is 0 Å². The van der Waals surface area contributed by atoms with Gasteiger partial charge in [-0.05, 0) is 0 Å². The first kappa shape index (κ1) is 9.53. The molecule has 2 heteroatoms. The summed E-state index contributed by atoms with van der Waals surface area (Å²) in [6, 6.07) is 10.3. The maximum absolute atomic E-state index is 8.66. The average Bonchev–Trinajstić information content (AvgIpc) is 2.06. The Morgan fingerprint density at radius 3 is 2.58 bits per heavy atom. The van der Waals surface area contributed by atoms with Gasteiger partial charge < -0.3 is 0 Å². The minimum absolute atomic E-state index is 0.216. The van der Waals surface area contributed by atoms with Gasteiger partial charge >= 0.3 is 78.9 Å². The summed E-state index contributed by atoms with van der Waals surface area (Å²) in [6.07, 6.45) is 0.731. The predicted octanol–water partition coefficient (Wildman–Crippen LogP) is 0.912. The predicted molar refractivity (Wildman–Crippen MR) is 52.7 cm³/mol. The molecule has 1 N–H and O–H groups in total. The molecule has 0 saturated carbocycles. The van der Waals surface area contributed by atoms with Gasteiger partial charge in [0.25, 0.3) is 0 Å². The number of rotatable bonds is 4. The molecule has 12 heavy (non-hydrogen) atoms. The van der Waals surface area contributed by atoms with Crippen molar-refractivity contribution in [2.45, 2.75) is 6.42 Å². The van der Waals surface area contributed by atoms with Crippen molar-refractivity contribution < 1.29 is 5.11 Å². The number of hydrogen-bond acceptors (Lipinski definition) is 1. The van der Waals surface area contributed by atoms with E-state index in [4.69, 9.17) is 5.11 Å². The van der Waals surface area contributed by atoms with Gasteiger partial charge in [0, 0.05) is 0 Å². The Bertz CT molecular complexity index is 243. The molecule has 1 rings (SSSR count). The molecule has 0 aromatic heterocycles. The first-order chi connectivity index (χ1) is 5.83. The van der Waals surface area contributed by atoms with E-state index in [1.807, 2.05) is 18.2 Å². The Hall–Kier alpha value is -0.561. The third-order valence-electron chi connectivity index (χ3n) is 1.40. The van der Waals surface area contributed by atoms with Crippen molar-refractivity contribution in [3.05, 3.63) is 41.4 Å². The molecule has 1 aromatic carbocycles. The Kier molecular flexibility index (Phi) is 4.09. The van der Waals surface area contributed by atoms with Crippen LogP contribution in [0.2, 0.25) is 0 Å². The molecule has 0 saturated heterocycles. The molecule has 0 aliphatic carbocycles. The van der Waals surface area contributed by atoms with Crippen LogP contribution in [-0.4, -0.2) is 26.7 Å². The summed E-state index contributed by atoms with van der Waals surface area (Å²) < 4.78 is 2.47. The van der Waals surface area contributed by atoms with Crippen LogP contribution < -0.4 is 4.46 Å². The van der Waals surface area contributed by atoms with Crippen molar-refractivity contribution in [3.8, 4) is 0 Å². The second-order valence-electron chi connectivity index (χ2n) is 2.43. The Balaban J connectivity index is 2.47. The molecule has 0 unspecified atom stereocenters. The topological polar surface area (TPSA) is 20.2 Å². The monoisotopic (exact) mass is 228 g/mol. The van der Waals surface area contributed by atoms with E-state index in [9.17, 15) is 0 Å². The second kappa shape index (κ2) is 5.15. The molecule has 0 atom stereocenters. The summed E-state index contributed by atoms with van der Waals surface area (Å²) in [5, 5.41) is 8.66. The summed E-state index contributed by atoms with van der Waals surface area (Å²) >= 11 is 0.323. The third kappa shape index (κ3) is 3.22. The first-order valence-corrected chi connectivity index (χ1v) is 5.56. The number of hydrogen-bond donors (Lipinski definition) is 1. The quantitative estimate of drug-likeness (QED) is 0.758. The molecule has 0 fully saturated rings. The van der Waals surface area contributed by atoms with Crippen molar-refractivity contribution in [1.82, 2.24) is 0 Å². The van der Waals surface area contributed by atoms with Gasteiger partial charge in [0.05, 0.1) is 0 Å². The fourth-order valence-electron chi connectivity index (χ4n) is 0.831. The molecule has 64 valence electrons. The number of aliphatic hydroxyl groups excluding tert-OH is 1. The van der Waals surface area contributed by atoms with Gasteiger partial charge in [-0.25, -0.2) is 0 Å². The van der Waals surface area contributed by atoms with E-state index in [2.05, 4.69) is 18.7 Å². The van der Waals surface area contributed by atoms with Crippen molar-refractivity contribution in [3.63, 3.8) is 0 Å². The van der Waals surface area contributed by atoms with Gasteiger partial charge in [-0.1, -0.05) is 0 Å². The molecule has 0 radical (unpaired) electrons. The molecule has 0 aliphatic rings. The van der Waals surface area contributed by atoms with Crippen molar-refractivity contribution in [2.24, 2.45) is 0 Å². The van der Waals surface area contributed by atoms with Gasteiger partial charge in [-0.3, -0.25) is 0 Å². The summed E-state index contributed by atoms with van der Waals surface area (Å²) in [7, 11) is 0. The van der Waals surface area contributed by atoms with Gasteiger partial charge in [0.1, 0.15) is 0 Å². The molecule has 0 bridgehead atoms. The third-order valence-corrected chi connectivity index (χ3v) is 3.50. The summed E-state index contributed by atoms with van der Waals surface area (Å²) in [4.78, 5) is 0. The van der Waals surface area contributed by atoms with Crippen LogP contribution in [0.4, 0.5) is 0 Å². The molecule has 1 aromatic rings. The molecule has 0 spiro atoms. The SMILES string of the molecule is C=C(CCO)[Se]c1ccccc1. The van der Waals surface area contributed by atoms with E-state index < -0.39 is 0 Å². The van der Waals surface area contributed by atoms with E-state index in [0.717, 1.165) is 10.9 Å². The van der Waals surface area contributed by atoms with Crippen LogP contribution in [0, 0.1) is 0 Å². The Morgan fingerprint density at radius 2 is 2.00 bits per heavy atom. The van der Waals surface area contributed by atoms with E-state index in [-0.39, 0.29) is 6.61 Å². The summed E-state index contributed by atoms with van der Waals surface area (Å²) in [5.41, 5.74) is 0. The van der Waals surface area contributed by atoms with E-state index in [0.29, 0.717) is 15.0 Å². The van der Waals surface area contributed by atoms with Crippen molar-refractivity contribution in [2.75, 3.05) is 6.61 Å². The van der Waals surface area contributed by atoms with Crippen LogP contribution in [0.3, 0.4) is 0 Å². The van der Waals surface area contributed by atoms with Gasteiger partial charge in [0.2, 0.25) is 0 Å². The van der Waals surface area contributed by atoms with Crippen LogP contribution in [0.25, 0.3) is 0 Å². The standard InChI is InChI=1S/C10H12OSe/c1-9(7-8-11)12-10-5-3-2-4-6-10/h2-6,11H,1,7-8H2. The van der Waals surface area contributed by atoms with Crippen molar-refractivity contribution >= 4 is 19.4 Å². The molecule has 0 aliphatic heterocycles. The summed E-state index contributed by atoms with van der Waals surface area (Å²) in [6.45, 7) is 4.12. The molecule has 0 heterocycles. The normalized spacial score (nSPS) is 9.75. The van der Waals surface area contributed by atoms with Crippen LogP contribution >= 0.6 is 0 Å². The van der Waals surface area contributed by atoms with Crippen LogP contribution in [0.5, 0.6) is 0 Å². The van der Waals surface area contributed by atoms with E-state index >= 15 is 0 Å². The van der Waals surface area contributed by atoms with E-state index in [1.54, 1.807) is 0 Å². The van der Waals surface area contributed by atoms with Crippen LogP contribution in [0.15, 0.2) is 41.4 Å². The Labute approximate surface area is 79.3 Å². The molecular weight excluding hydrogens is 215 g/mol. The molecule has 0 amide bonds. The van der Waals surface area contributed by atoms with E-state index in [1.165, 1.54) is 4.46 Å². The van der Waals surface area contributed by atoms with Gasteiger partial charge in [-0.15, -0.1) is 0 Å². The zero-order valence-corrected chi connectivity index (χ0v) is 8.58. The average molecular weight is 227 g/mol. The van der Waals surface area contributed by atoms with Crippen LogP contribution in [0.1, 0.15) is 6.42 Å². The number of aliphatic hydroxyl groups is 1. The second-order valence-corrected chi connectivity index (χ2v) is 5.06. The fraction of sp³-hybridized carbons (Fsp3) is 0.200. The minimum atomic E-state index is 0.216. The number of benzene rings is 1. The Morgan fingerprint density at radius 1 is 1.33 bits per heavy atom. The van der Waals surface area contributed by atoms with Gasteiger partial charge in [-0.2, -0.15) is 0 Å². The maximum atomic E-state index is 8.66. The van der Waals surface area contributed by atoms with Gasteiger partial charge in [0.15, 0.2) is 0 Å². The first-order valence-electron chi connectivity index (χ1n) is 3.84.